The van der Waals surface area contributed by atoms with Crippen LogP contribution in [0.15, 0.2) is 30.3 Å². The largest absolute Gasteiger partial charge is 0.378 e. The van der Waals surface area contributed by atoms with Gasteiger partial charge in [-0.25, -0.2) is 0 Å². The van der Waals surface area contributed by atoms with Crippen molar-refractivity contribution >= 4 is 11.9 Å². The third-order valence-corrected chi connectivity index (χ3v) is 2.97. The molecule has 98 valence electrons. The first-order valence-electron chi connectivity index (χ1n) is 6.22. The third kappa shape index (κ3) is 2.63. The maximum atomic E-state index is 5.78. The molecule has 2 heterocycles. The number of hydrogen-bond acceptors (Lipinski definition) is 6. The Bertz CT molecular complexity index is 554. The second-order valence-corrected chi connectivity index (χ2v) is 4.28. The Morgan fingerprint density at radius 3 is 2.47 bits per heavy atom. The van der Waals surface area contributed by atoms with Crippen LogP contribution in [0.3, 0.4) is 0 Å². The molecular formula is C13H15N5O. The van der Waals surface area contributed by atoms with Gasteiger partial charge in [0.25, 0.3) is 0 Å². The Labute approximate surface area is 111 Å². The van der Waals surface area contributed by atoms with Crippen molar-refractivity contribution in [1.82, 2.24) is 15.0 Å². The molecule has 0 atom stereocenters. The fourth-order valence-corrected chi connectivity index (χ4v) is 2.00. The summed E-state index contributed by atoms with van der Waals surface area (Å²) in [6.07, 6.45) is 0. The van der Waals surface area contributed by atoms with Gasteiger partial charge in [0.05, 0.1) is 13.2 Å². The van der Waals surface area contributed by atoms with Crippen molar-refractivity contribution in [3.63, 3.8) is 0 Å². The Kier molecular flexibility index (Phi) is 3.24. The maximum absolute atomic E-state index is 5.78. The first-order valence-corrected chi connectivity index (χ1v) is 6.22. The summed E-state index contributed by atoms with van der Waals surface area (Å²) >= 11 is 0. The molecule has 2 aromatic rings. The van der Waals surface area contributed by atoms with E-state index in [0.29, 0.717) is 25.0 Å². The summed E-state index contributed by atoms with van der Waals surface area (Å²) in [5.41, 5.74) is 6.72. The van der Waals surface area contributed by atoms with Crippen LogP contribution in [0.2, 0.25) is 0 Å². The van der Waals surface area contributed by atoms with Crippen LogP contribution in [-0.2, 0) is 4.74 Å². The lowest BCUT2D eigenvalue weighted by molar-refractivity contribution is 0.122. The number of hydrogen-bond donors (Lipinski definition) is 1. The van der Waals surface area contributed by atoms with E-state index in [1.165, 1.54) is 0 Å². The highest BCUT2D eigenvalue weighted by atomic mass is 16.5. The van der Waals surface area contributed by atoms with Gasteiger partial charge < -0.3 is 15.4 Å². The van der Waals surface area contributed by atoms with Crippen molar-refractivity contribution in [3.8, 4) is 11.4 Å². The normalized spacial score (nSPS) is 15.5. The molecule has 1 aromatic carbocycles. The van der Waals surface area contributed by atoms with Gasteiger partial charge in [0, 0.05) is 18.7 Å². The quantitative estimate of drug-likeness (QED) is 0.863. The summed E-state index contributed by atoms with van der Waals surface area (Å²) < 4.78 is 5.32. The van der Waals surface area contributed by atoms with E-state index in [2.05, 4.69) is 19.9 Å². The molecule has 0 unspecified atom stereocenters. The van der Waals surface area contributed by atoms with E-state index in [1.54, 1.807) is 0 Å². The zero-order valence-corrected chi connectivity index (χ0v) is 10.5. The lowest BCUT2D eigenvalue weighted by atomic mass is 10.2. The molecule has 2 N–H and O–H groups in total. The molecule has 1 saturated heterocycles. The van der Waals surface area contributed by atoms with Crippen molar-refractivity contribution in [2.75, 3.05) is 36.9 Å². The minimum Gasteiger partial charge on any atom is -0.378 e. The van der Waals surface area contributed by atoms with E-state index < -0.39 is 0 Å². The highest BCUT2D eigenvalue weighted by Gasteiger charge is 2.16. The van der Waals surface area contributed by atoms with Gasteiger partial charge in [-0.1, -0.05) is 30.3 Å². The number of benzene rings is 1. The van der Waals surface area contributed by atoms with E-state index in [0.717, 1.165) is 18.7 Å². The number of nitrogens with zero attached hydrogens (tertiary/aromatic N) is 4. The van der Waals surface area contributed by atoms with Crippen molar-refractivity contribution in [3.05, 3.63) is 30.3 Å². The summed E-state index contributed by atoms with van der Waals surface area (Å²) in [5, 5.41) is 0. The number of morpholine rings is 1. The predicted molar refractivity (Wildman–Crippen MR) is 72.7 cm³/mol. The minimum absolute atomic E-state index is 0.246. The van der Waals surface area contributed by atoms with Gasteiger partial charge in [0.1, 0.15) is 0 Å². The monoisotopic (exact) mass is 257 g/mol. The van der Waals surface area contributed by atoms with Gasteiger partial charge in [-0.05, 0) is 0 Å². The smallest absolute Gasteiger partial charge is 0.230 e. The van der Waals surface area contributed by atoms with Crippen molar-refractivity contribution in [1.29, 1.82) is 0 Å². The topological polar surface area (TPSA) is 77.2 Å². The Hall–Kier alpha value is -2.21. The number of nitrogens with two attached hydrogens (primary N) is 1. The number of ether oxygens (including phenoxy) is 1. The van der Waals surface area contributed by atoms with Gasteiger partial charge in [-0.15, -0.1) is 0 Å². The van der Waals surface area contributed by atoms with Gasteiger partial charge >= 0.3 is 0 Å². The summed E-state index contributed by atoms with van der Waals surface area (Å²) in [6, 6.07) is 9.76. The van der Waals surface area contributed by atoms with Crippen molar-refractivity contribution in [2.24, 2.45) is 0 Å². The summed E-state index contributed by atoms with van der Waals surface area (Å²) in [7, 11) is 0. The summed E-state index contributed by atoms with van der Waals surface area (Å²) in [6.45, 7) is 2.92. The van der Waals surface area contributed by atoms with E-state index in [9.17, 15) is 0 Å². The lowest BCUT2D eigenvalue weighted by Gasteiger charge is -2.26. The number of rotatable bonds is 2. The van der Waals surface area contributed by atoms with Crippen LogP contribution in [0.4, 0.5) is 11.9 Å². The molecule has 6 heteroatoms. The van der Waals surface area contributed by atoms with Gasteiger partial charge in [0.15, 0.2) is 5.82 Å². The summed E-state index contributed by atoms with van der Waals surface area (Å²) in [5.74, 6) is 1.47. The standard InChI is InChI=1S/C13H15N5O/c14-12-15-11(10-4-2-1-3-5-10)16-13(17-12)18-6-8-19-9-7-18/h1-5H,6-9H2,(H2,14,15,16,17). The molecule has 6 nitrogen and oxygen atoms in total. The highest BCUT2D eigenvalue weighted by molar-refractivity contribution is 5.57. The average molecular weight is 257 g/mol. The van der Waals surface area contributed by atoms with E-state index in [4.69, 9.17) is 10.5 Å². The van der Waals surface area contributed by atoms with Gasteiger partial charge in [-0.2, -0.15) is 15.0 Å². The van der Waals surface area contributed by atoms with Crippen LogP contribution in [0.1, 0.15) is 0 Å². The molecule has 0 amide bonds. The zero-order chi connectivity index (χ0) is 13.1. The maximum Gasteiger partial charge on any atom is 0.230 e. The fourth-order valence-electron chi connectivity index (χ4n) is 2.00. The Morgan fingerprint density at radius 2 is 1.74 bits per heavy atom. The predicted octanol–water partition coefficient (Wildman–Crippen LogP) is 0.957. The van der Waals surface area contributed by atoms with E-state index in [1.807, 2.05) is 30.3 Å². The Balaban J connectivity index is 1.96. The van der Waals surface area contributed by atoms with Crippen molar-refractivity contribution < 1.29 is 4.74 Å². The number of aromatic nitrogens is 3. The number of anilines is 2. The van der Waals surface area contributed by atoms with Gasteiger partial charge in [0.2, 0.25) is 11.9 Å². The first-order chi connectivity index (χ1) is 9.33. The molecular weight excluding hydrogens is 242 g/mol. The molecule has 0 bridgehead atoms. The average Bonchev–Trinajstić information content (AvgIpc) is 2.48. The van der Waals surface area contributed by atoms with Crippen LogP contribution in [0.5, 0.6) is 0 Å². The van der Waals surface area contributed by atoms with Crippen molar-refractivity contribution in [2.45, 2.75) is 0 Å². The second-order valence-electron chi connectivity index (χ2n) is 4.28. The van der Waals surface area contributed by atoms with E-state index in [-0.39, 0.29) is 5.95 Å². The van der Waals surface area contributed by atoms with Crippen LogP contribution in [-0.4, -0.2) is 41.3 Å². The van der Waals surface area contributed by atoms with Crippen LogP contribution < -0.4 is 10.6 Å². The minimum atomic E-state index is 0.246. The SMILES string of the molecule is Nc1nc(-c2ccccc2)nc(N2CCOCC2)n1. The zero-order valence-electron chi connectivity index (χ0n) is 10.5. The molecule has 0 saturated carbocycles. The Morgan fingerprint density at radius 1 is 1.00 bits per heavy atom. The molecule has 3 rings (SSSR count). The second kappa shape index (κ2) is 5.19. The molecule has 1 fully saturated rings. The highest BCUT2D eigenvalue weighted by Crippen LogP contribution is 2.18. The fraction of sp³-hybridized carbons (Fsp3) is 0.308. The lowest BCUT2D eigenvalue weighted by Crippen LogP contribution is -2.37. The molecule has 0 aliphatic carbocycles. The molecule has 1 aliphatic rings. The molecule has 19 heavy (non-hydrogen) atoms. The number of nitrogen functional groups attached to an aromatic ring is 1. The molecule has 1 aromatic heterocycles. The molecule has 0 spiro atoms. The first kappa shape index (κ1) is 11.9. The molecule has 1 aliphatic heterocycles. The third-order valence-electron chi connectivity index (χ3n) is 2.97. The summed E-state index contributed by atoms with van der Waals surface area (Å²) in [4.78, 5) is 15.0. The van der Waals surface area contributed by atoms with Crippen LogP contribution in [0, 0.1) is 0 Å². The van der Waals surface area contributed by atoms with E-state index >= 15 is 0 Å². The van der Waals surface area contributed by atoms with Crippen LogP contribution >= 0.6 is 0 Å². The van der Waals surface area contributed by atoms with Gasteiger partial charge in [-0.3, -0.25) is 0 Å². The van der Waals surface area contributed by atoms with Crippen LogP contribution in [0.25, 0.3) is 11.4 Å². The molecule has 0 radical (unpaired) electrons.